The Morgan fingerprint density at radius 1 is 1.50 bits per heavy atom. The number of hydrogen-bond donors (Lipinski definition) is 2. The lowest BCUT2D eigenvalue weighted by atomic mass is 10.1. The fourth-order valence-electron chi connectivity index (χ4n) is 2.26. The summed E-state index contributed by atoms with van der Waals surface area (Å²) >= 11 is 0. The van der Waals surface area contributed by atoms with Crippen molar-refractivity contribution in [3.8, 4) is 0 Å². The van der Waals surface area contributed by atoms with Gasteiger partial charge in [-0.05, 0) is 31.0 Å². The lowest BCUT2D eigenvalue weighted by molar-refractivity contribution is -0.128. The number of carbonyl (C=O) groups is 2. The van der Waals surface area contributed by atoms with Crippen LogP contribution in [0.25, 0.3) is 0 Å². The number of carbonyl (C=O) groups excluding carboxylic acids is 2. The van der Waals surface area contributed by atoms with E-state index in [1.54, 1.807) is 19.1 Å². The van der Waals surface area contributed by atoms with Crippen molar-refractivity contribution in [2.24, 2.45) is 0 Å². The number of aliphatic hydroxyl groups is 1. The molecule has 108 valence electrons. The van der Waals surface area contributed by atoms with E-state index >= 15 is 0 Å². The van der Waals surface area contributed by atoms with Crippen molar-refractivity contribution < 1.29 is 14.7 Å². The van der Waals surface area contributed by atoms with Gasteiger partial charge in [0.25, 0.3) is 5.91 Å². The van der Waals surface area contributed by atoms with Crippen molar-refractivity contribution in [2.75, 3.05) is 13.2 Å². The molecule has 20 heavy (non-hydrogen) atoms. The summed E-state index contributed by atoms with van der Waals surface area (Å²) in [6.45, 7) is 2.99. The Kier molecular flexibility index (Phi) is 4.74. The molecule has 2 N–H and O–H groups in total. The van der Waals surface area contributed by atoms with Crippen LogP contribution in [0.5, 0.6) is 0 Å². The standard InChI is InChI=1S/C15H20N2O3/c1-11(10-18)16-15(20)13-5-2-4-12(8-13)9-17-7-3-6-14(17)19/h2,4-5,8,11,18H,3,6-7,9-10H2,1H3,(H,16,20). The van der Waals surface area contributed by atoms with Crippen molar-refractivity contribution in [1.82, 2.24) is 10.2 Å². The average Bonchev–Trinajstić information content (AvgIpc) is 2.84. The predicted octanol–water partition coefficient (Wildman–Crippen LogP) is 0.920. The van der Waals surface area contributed by atoms with Crippen molar-refractivity contribution in [1.29, 1.82) is 0 Å². The molecule has 2 amide bonds. The first kappa shape index (κ1) is 14.5. The predicted molar refractivity (Wildman–Crippen MR) is 75.1 cm³/mol. The maximum Gasteiger partial charge on any atom is 0.251 e. The molecule has 2 rings (SSSR count). The molecule has 0 aromatic heterocycles. The summed E-state index contributed by atoms with van der Waals surface area (Å²) in [5, 5.41) is 11.7. The monoisotopic (exact) mass is 276 g/mol. The van der Waals surface area contributed by atoms with E-state index in [2.05, 4.69) is 5.32 Å². The first-order valence-electron chi connectivity index (χ1n) is 6.88. The van der Waals surface area contributed by atoms with Crippen LogP contribution < -0.4 is 5.32 Å². The van der Waals surface area contributed by atoms with Gasteiger partial charge in [-0.15, -0.1) is 0 Å². The molecule has 1 heterocycles. The topological polar surface area (TPSA) is 69.6 Å². The van der Waals surface area contributed by atoms with Gasteiger partial charge in [-0.3, -0.25) is 9.59 Å². The van der Waals surface area contributed by atoms with E-state index in [1.807, 2.05) is 17.0 Å². The molecule has 0 saturated carbocycles. The van der Waals surface area contributed by atoms with E-state index in [4.69, 9.17) is 5.11 Å². The Labute approximate surface area is 118 Å². The minimum Gasteiger partial charge on any atom is -0.394 e. The van der Waals surface area contributed by atoms with E-state index in [1.165, 1.54) is 0 Å². The van der Waals surface area contributed by atoms with Crippen LogP contribution in [-0.4, -0.2) is 41.0 Å². The normalized spacial score (nSPS) is 16.3. The number of hydrogen-bond acceptors (Lipinski definition) is 3. The number of amides is 2. The molecule has 0 aliphatic carbocycles. The SMILES string of the molecule is CC(CO)NC(=O)c1cccc(CN2CCCC2=O)c1. The zero-order valence-corrected chi connectivity index (χ0v) is 11.6. The lowest BCUT2D eigenvalue weighted by Gasteiger charge is -2.16. The van der Waals surface area contributed by atoms with Gasteiger partial charge in [-0.2, -0.15) is 0 Å². The van der Waals surface area contributed by atoms with Crippen LogP contribution in [0.15, 0.2) is 24.3 Å². The Hall–Kier alpha value is -1.88. The van der Waals surface area contributed by atoms with Crippen molar-refractivity contribution in [3.05, 3.63) is 35.4 Å². The maximum absolute atomic E-state index is 12.0. The minimum absolute atomic E-state index is 0.0896. The first-order valence-corrected chi connectivity index (χ1v) is 6.88. The number of rotatable bonds is 5. The van der Waals surface area contributed by atoms with E-state index in [0.717, 1.165) is 18.5 Å². The van der Waals surface area contributed by atoms with Crippen LogP contribution in [0.1, 0.15) is 35.7 Å². The zero-order chi connectivity index (χ0) is 14.5. The molecule has 1 fully saturated rings. The van der Waals surface area contributed by atoms with Gasteiger partial charge in [0.2, 0.25) is 5.91 Å². The quantitative estimate of drug-likeness (QED) is 0.840. The molecule has 0 spiro atoms. The second-order valence-electron chi connectivity index (χ2n) is 5.18. The minimum atomic E-state index is -0.272. The van der Waals surface area contributed by atoms with Crippen LogP contribution >= 0.6 is 0 Å². The van der Waals surface area contributed by atoms with E-state index < -0.39 is 0 Å². The van der Waals surface area contributed by atoms with Gasteiger partial charge < -0.3 is 15.3 Å². The molecular formula is C15H20N2O3. The van der Waals surface area contributed by atoms with Gasteiger partial charge in [0, 0.05) is 31.1 Å². The van der Waals surface area contributed by atoms with Gasteiger partial charge in [-0.25, -0.2) is 0 Å². The Morgan fingerprint density at radius 2 is 2.30 bits per heavy atom. The number of benzene rings is 1. The third-order valence-corrected chi connectivity index (χ3v) is 3.39. The first-order chi connectivity index (χ1) is 9.60. The van der Waals surface area contributed by atoms with Crippen LogP contribution in [0.3, 0.4) is 0 Å². The molecule has 1 unspecified atom stereocenters. The molecule has 0 radical (unpaired) electrons. The second-order valence-corrected chi connectivity index (χ2v) is 5.18. The summed E-state index contributed by atoms with van der Waals surface area (Å²) in [7, 11) is 0. The smallest absolute Gasteiger partial charge is 0.251 e. The Morgan fingerprint density at radius 3 is 2.95 bits per heavy atom. The van der Waals surface area contributed by atoms with Gasteiger partial charge in [-0.1, -0.05) is 12.1 Å². The molecule has 1 aromatic rings. The summed E-state index contributed by atoms with van der Waals surface area (Å²) in [5.41, 5.74) is 1.50. The molecule has 5 nitrogen and oxygen atoms in total. The summed E-state index contributed by atoms with van der Waals surface area (Å²) in [6, 6.07) is 6.98. The molecule has 1 aromatic carbocycles. The fraction of sp³-hybridized carbons (Fsp3) is 0.467. The third kappa shape index (κ3) is 3.57. The van der Waals surface area contributed by atoms with Crippen LogP contribution in [0.2, 0.25) is 0 Å². The fourth-order valence-corrected chi connectivity index (χ4v) is 2.26. The van der Waals surface area contributed by atoms with Crippen molar-refractivity contribution in [3.63, 3.8) is 0 Å². The van der Waals surface area contributed by atoms with Crippen molar-refractivity contribution in [2.45, 2.75) is 32.4 Å². The molecule has 1 atom stereocenters. The number of nitrogens with one attached hydrogen (secondary N) is 1. The highest BCUT2D eigenvalue weighted by Gasteiger charge is 2.20. The van der Waals surface area contributed by atoms with Gasteiger partial charge in [0.1, 0.15) is 0 Å². The molecule has 1 saturated heterocycles. The number of likely N-dealkylation sites (tertiary alicyclic amines) is 1. The van der Waals surface area contributed by atoms with E-state index in [9.17, 15) is 9.59 Å². The number of nitrogens with zero attached hydrogens (tertiary/aromatic N) is 1. The lowest BCUT2D eigenvalue weighted by Crippen LogP contribution is -2.35. The van der Waals surface area contributed by atoms with E-state index in [0.29, 0.717) is 18.5 Å². The summed E-state index contributed by atoms with van der Waals surface area (Å²) in [5.74, 6) is -0.0325. The Balaban J connectivity index is 2.03. The molecular weight excluding hydrogens is 256 g/mol. The molecule has 5 heteroatoms. The van der Waals surface area contributed by atoms with Crippen LogP contribution in [0.4, 0.5) is 0 Å². The molecule has 0 bridgehead atoms. The van der Waals surface area contributed by atoms with Crippen LogP contribution in [0, 0.1) is 0 Å². The molecule has 1 aliphatic heterocycles. The highest BCUT2D eigenvalue weighted by Crippen LogP contribution is 2.15. The highest BCUT2D eigenvalue weighted by atomic mass is 16.3. The number of aliphatic hydroxyl groups excluding tert-OH is 1. The van der Waals surface area contributed by atoms with Crippen LogP contribution in [-0.2, 0) is 11.3 Å². The van der Waals surface area contributed by atoms with Crippen molar-refractivity contribution >= 4 is 11.8 Å². The van der Waals surface area contributed by atoms with E-state index in [-0.39, 0.29) is 24.5 Å². The van der Waals surface area contributed by atoms with Gasteiger partial charge in [0.15, 0.2) is 0 Å². The third-order valence-electron chi connectivity index (χ3n) is 3.39. The average molecular weight is 276 g/mol. The summed E-state index contributed by atoms with van der Waals surface area (Å²) in [6.07, 6.45) is 1.53. The second kappa shape index (κ2) is 6.52. The largest absolute Gasteiger partial charge is 0.394 e. The maximum atomic E-state index is 12.0. The Bertz CT molecular complexity index is 502. The summed E-state index contributed by atoms with van der Waals surface area (Å²) < 4.78 is 0. The van der Waals surface area contributed by atoms with Gasteiger partial charge in [0.05, 0.1) is 6.61 Å². The van der Waals surface area contributed by atoms with Gasteiger partial charge >= 0.3 is 0 Å². The highest BCUT2D eigenvalue weighted by molar-refractivity contribution is 5.94. The molecule has 1 aliphatic rings. The summed E-state index contributed by atoms with van der Waals surface area (Å²) in [4.78, 5) is 25.4. The zero-order valence-electron chi connectivity index (χ0n) is 11.6.